The summed E-state index contributed by atoms with van der Waals surface area (Å²) in [7, 11) is 0. The zero-order chi connectivity index (χ0) is 14.4. The molecule has 1 aliphatic rings. The van der Waals surface area contributed by atoms with Crippen LogP contribution in [0.1, 0.15) is 36.9 Å². The van der Waals surface area contributed by atoms with Crippen LogP contribution in [0.3, 0.4) is 0 Å². The van der Waals surface area contributed by atoms with Crippen molar-refractivity contribution in [3.8, 4) is 0 Å². The van der Waals surface area contributed by atoms with Crippen LogP contribution in [0.4, 0.5) is 4.79 Å². The molecule has 0 radical (unpaired) electrons. The van der Waals surface area contributed by atoms with Gasteiger partial charge < -0.3 is 15.4 Å². The molecule has 2 N–H and O–H groups in total. The van der Waals surface area contributed by atoms with Gasteiger partial charge in [0.15, 0.2) is 0 Å². The smallest absolute Gasteiger partial charge is 0.325 e. The molecule has 5 heteroatoms. The number of esters is 1. The molecule has 0 fully saturated rings. The Morgan fingerprint density at radius 1 is 1.35 bits per heavy atom. The van der Waals surface area contributed by atoms with Gasteiger partial charge in [0.25, 0.3) is 0 Å². The van der Waals surface area contributed by atoms with E-state index in [0.717, 1.165) is 19.3 Å². The number of aryl methyl sites for hydroxylation is 1. The lowest BCUT2D eigenvalue weighted by Crippen LogP contribution is -2.41. The molecule has 0 spiro atoms. The highest BCUT2D eigenvalue weighted by Gasteiger charge is 2.21. The highest BCUT2D eigenvalue weighted by molar-refractivity contribution is 5.81. The fourth-order valence-corrected chi connectivity index (χ4v) is 2.48. The second-order valence-corrected chi connectivity index (χ2v) is 4.78. The summed E-state index contributed by atoms with van der Waals surface area (Å²) >= 11 is 0. The number of benzene rings is 1. The van der Waals surface area contributed by atoms with Gasteiger partial charge >= 0.3 is 12.0 Å². The van der Waals surface area contributed by atoms with Crippen molar-refractivity contribution >= 4 is 12.0 Å². The van der Waals surface area contributed by atoms with Gasteiger partial charge in [-0.25, -0.2) is 4.79 Å². The summed E-state index contributed by atoms with van der Waals surface area (Å²) in [6.45, 7) is 1.95. The molecular weight excluding hydrogens is 256 g/mol. The normalized spacial score (nSPS) is 16.9. The van der Waals surface area contributed by atoms with Crippen LogP contribution in [0.15, 0.2) is 24.3 Å². The first-order valence-corrected chi connectivity index (χ1v) is 6.98. The molecule has 0 saturated heterocycles. The predicted octanol–water partition coefficient (Wildman–Crippen LogP) is 1.93. The summed E-state index contributed by atoms with van der Waals surface area (Å²) in [5, 5.41) is 5.44. The van der Waals surface area contributed by atoms with Crippen molar-refractivity contribution in [2.24, 2.45) is 0 Å². The molecule has 2 amide bonds. The van der Waals surface area contributed by atoms with Crippen molar-refractivity contribution in [1.29, 1.82) is 0 Å². The Morgan fingerprint density at radius 2 is 2.15 bits per heavy atom. The number of nitrogens with one attached hydrogen (secondary N) is 2. The molecule has 108 valence electrons. The predicted molar refractivity (Wildman–Crippen MR) is 75.3 cm³/mol. The van der Waals surface area contributed by atoms with Crippen molar-refractivity contribution in [2.75, 3.05) is 13.2 Å². The number of amides is 2. The molecule has 2 rings (SSSR count). The monoisotopic (exact) mass is 276 g/mol. The molecule has 20 heavy (non-hydrogen) atoms. The third-order valence-corrected chi connectivity index (χ3v) is 3.37. The van der Waals surface area contributed by atoms with Crippen molar-refractivity contribution < 1.29 is 14.3 Å². The molecule has 1 atom stereocenters. The highest BCUT2D eigenvalue weighted by Crippen LogP contribution is 2.29. The van der Waals surface area contributed by atoms with Gasteiger partial charge in [0.1, 0.15) is 6.54 Å². The van der Waals surface area contributed by atoms with Crippen LogP contribution in [0.5, 0.6) is 0 Å². The minimum absolute atomic E-state index is 0.0159. The van der Waals surface area contributed by atoms with Crippen LogP contribution in [0, 0.1) is 0 Å². The zero-order valence-electron chi connectivity index (χ0n) is 11.6. The average molecular weight is 276 g/mol. The number of hydrogen-bond acceptors (Lipinski definition) is 3. The molecule has 0 bridgehead atoms. The number of ether oxygens (including phenoxy) is 1. The SMILES string of the molecule is CCOC(=O)CNC(=O)N[C@H]1CCCc2ccccc21. The number of carbonyl (C=O) groups excluding carboxylic acids is 2. The van der Waals surface area contributed by atoms with E-state index in [1.807, 2.05) is 18.2 Å². The van der Waals surface area contributed by atoms with Crippen molar-refractivity contribution in [3.63, 3.8) is 0 Å². The second-order valence-electron chi connectivity index (χ2n) is 4.78. The second kappa shape index (κ2) is 6.93. The zero-order valence-corrected chi connectivity index (χ0v) is 11.6. The fraction of sp³-hybridized carbons (Fsp3) is 0.467. The van der Waals surface area contributed by atoms with Gasteiger partial charge in [-0.15, -0.1) is 0 Å². The van der Waals surface area contributed by atoms with Gasteiger partial charge in [0.05, 0.1) is 12.6 Å². The molecule has 1 aliphatic carbocycles. The lowest BCUT2D eigenvalue weighted by molar-refractivity contribution is -0.141. The first kappa shape index (κ1) is 14.4. The number of hydrogen-bond donors (Lipinski definition) is 2. The molecule has 0 unspecified atom stereocenters. The molecule has 1 aromatic rings. The van der Waals surface area contributed by atoms with E-state index in [4.69, 9.17) is 4.74 Å². The van der Waals surface area contributed by atoms with Crippen LogP contribution < -0.4 is 10.6 Å². The van der Waals surface area contributed by atoms with Crippen LogP contribution >= 0.6 is 0 Å². The summed E-state index contributed by atoms with van der Waals surface area (Å²) in [5.41, 5.74) is 2.46. The van der Waals surface area contributed by atoms with Crippen LogP contribution in [-0.4, -0.2) is 25.2 Å². The molecule has 0 aliphatic heterocycles. The molecular formula is C15H20N2O3. The first-order chi connectivity index (χ1) is 9.70. The number of carbonyl (C=O) groups is 2. The lowest BCUT2D eigenvalue weighted by Gasteiger charge is -2.26. The largest absolute Gasteiger partial charge is 0.465 e. The van der Waals surface area contributed by atoms with E-state index in [1.165, 1.54) is 11.1 Å². The fourth-order valence-electron chi connectivity index (χ4n) is 2.48. The standard InChI is InChI=1S/C15H20N2O3/c1-2-20-14(18)10-16-15(19)17-13-9-5-7-11-6-3-4-8-12(11)13/h3-4,6,8,13H,2,5,7,9-10H2,1H3,(H2,16,17,19)/t13-/m0/s1. The molecule has 0 aromatic heterocycles. The van der Waals surface area contributed by atoms with Crippen LogP contribution in [-0.2, 0) is 16.0 Å². The maximum Gasteiger partial charge on any atom is 0.325 e. The highest BCUT2D eigenvalue weighted by atomic mass is 16.5. The van der Waals surface area contributed by atoms with E-state index in [0.29, 0.717) is 6.61 Å². The Bertz CT molecular complexity index is 488. The maximum absolute atomic E-state index is 11.8. The van der Waals surface area contributed by atoms with Crippen molar-refractivity contribution in [2.45, 2.75) is 32.2 Å². The Kier molecular flexibility index (Phi) is 4.98. The minimum Gasteiger partial charge on any atom is -0.465 e. The quantitative estimate of drug-likeness (QED) is 0.826. The maximum atomic E-state index is 11.8. The first-order valence-electron chi connectivity index (χ1n) is 6.98. The molecule has 5 nitrogen and oxygen atoms in total. The van der Waals surface area contributed by atoms with E-state index < -0.39 is 5.97 Å². The summed E-state index contributed by atoms with van der Waals surface area (Å²) in [5.74, 6) is -0.424. The summed E-state index contributed by atoms with van der Waals surface area (Å²) < 4.78 is 4.76. The van der Waals surface area contributed by atoms with Gasteiger partial charge in [-0.05, 0) is 37.3 Å². The topological polar surface area (TPSA) is 67.4 Å². The third kappa shape index (κ3) is 3.73. The van der Waals surface area contributed by atoms with Gasteiger partial charge in [-0.2, -0.15) is 0 Å². The minimum atomic E-state index is -0.424. The number of rotatable bonds is 4. The van der Waals surface area contributed by atoms with Crippen molar-refractivity contribution in [3.05, 3.63) is 35.4 Å². The van der Waals surface area contributed by atoms with E-state index in [-0.39, 0.29) is 18.6 Å². The van der Waals surface area contributed by atoms with Gasteiger partial charge in [0, 0.05) is 0 Å². The number of urea groups is 1. The van der Waals surface area contributed by atoms with Gasteiger partial charge in [0.2, 0.25) is 0 Å². The summed E-state index contributed by atoms with van der Waals surface area (Å²) in [6.07, 6.45) is 3.03. The lowest BCUT2D eigenvalue weighted by atomic mass is 9.88. The molecule has 1 aromatic carbocycles. The van der Waals surface area contributed by atoms with Crippen molar-refractivity contribution in [1.82, 2.24) is 10.6 Å². The van der Waals surface area contributed by atoms with Crippen LogP contribution in [0.25, 0.3) is 0 Å². The van der Waals surface area contributed by atoms with Gasteiger partial charge in [-0.3, -0.25) is 4.79 Å². The Morgan fingerprint density at radius 3 is 2.95 bits per heavy atom. The Labute approximate surface area is 118 Å². The van der Waals surface area contributed by atoms with E-state index in [1.54, 1.807) is 6.92 Å². The van der Waals surface area contributed by atoms with E-state index in [9.17, 15) is 9.59 Å². The third-order valence-electron chi connectivity index (χ3n) is 3.37. The van der Waals surface area contributed by atoms with E-state index >= 15 is 0 Å². The van der Waals surface area contributed by atoms with Gasteiger partial charge in [-0.1, -0.05) is 24.3 Å². The van der Waals surface area contributed by atoms with E-state index in [2.05, 4.69) is 16.7 Å². The Balaban J connectivity index is 1.88. The summed E-state index contributed by atoms with van der Waals surface area (Å²) in [6, 6.07) is 7.82. The Hall–Kier alpha value is -2.04. The average Bonchev–Trinajstić information content (AvgIpc) is 2.46. The van der Waals surface area contributed by atoms with Crippen LogP contribution in [0.2, 0.25) is 0 Å². The molecule has 0 heterocycles. The number of fused-ring (bicyclic) bond motifs is 1. The summed E-state index contributed by atoms with van der Waals surface area (Å²) in [4.78, 5) is 23.0. The molecule has 0 saturated carbocycles.